The van der Waals surface area contributed by atoms with Gasteiger partial charge in [-0.3, -0.25) is 4.79 Å². The largest absolute Gasteiger partial charge is 0.338 e. The minimum Gasteiger partial charge on any atom is -0.338 e. The van der Waals surface area contributed by atoms with E-state index in [0.29, 0.717) is 12.3 Å². The van der Waals surface area contributed by atoms with Gasteiger partial charge in [0.2, 0.25) is 5.91 Å². The molecular formula is C19H22ClN3O. The van der Waals surface area contributed by atoms with Crippen LogP contribution in [0, 0.1) is 12.8 Å². The van der Waals surface area contributed by atoms with Gasteiger partial charge in [-0.1, -0.05) is 32.0 Å². The second-order valence-electron chi connectivity index (χ2n) is 6.33. The number of aryl methyl sites for hydroxylation is 1. The number of aromatic amines is 1. The van der Waals surface area contributed by atoms with Crippen LogP contribution in [0.1, 0.15) is 25.8 Å². The Balaban J connectivity index is 0.00000208. The SMILES string of the molecule is Cc1ccc2nc(-c3cccc(NC(=O)CC(C)C)c3)[nH]c2c1.Cl. The normalized spacial score (nSPS) is 10.7. The second kappa shape index (κ2) is 7.49. The van der Waals surface area contributed by atoms with E-state index in [2.05, 4.69) is 34.3 Å². The lowest BCUT2D eigenvalue weighted by Crippen LogP contribution is -2.13. The fourth-order valence-corrected chi connectivity index (χ4v) is 2.59. The van der Waals surface area contributed by atoms with Gasteiger partial charge in [-0.2, -0.15) is 0 Å². The predicted octanol–water partition coefficient (Wildman–Crippen LogP) is 4.94. The van der Waals surface area contributed by atoms with Crippen LogP contribution in [-0.2, 0) is 4.79 Å². The molecule has 0 spiro atoms. The van der Waals surface area contributed by atoms with Crippen molar-refractivity contribution in [2.75, 3.05) is 5.32 Å². The minimum atomic E-state index is 0. The topological polar surface area (TPSA) is 57.8 Å². The van der Waals surface area contributed by atoms with Gasteiger partial charge in [0.1, 0.15) is 5.82 Å². The second-order valence-corrected chi connectivity index (χ2v) is 6.33. The van der Waals surface area contributed by atoms with Crippen molar-refractivity contribution < 1.29 is 4.79 Å². The highest BCUT2D eigenvalue weighted by Crippen LogP contribution is 2.23. The highest BCUT2D eigenvalue weighted by molar-refractivity contribution is 5.91. The third kappa shape index (κ3) is 4.15. The molecule has 0 fully saturated rings. The lowest BCUT2D eigenvalue weighted by atomic mass is 10.1. The number of carbonyl (C=O) groups excluding carboxylic acids is 1. The summed E-state index contributed by atoms with van der Waals surface area (Å²) in [4.78, 5) is 19.9. The number of fused-ring (bicyclic) bond motifs is 1. The Bertz CT molecular complexity index is 855. The Morgan fingerprint density at radius 2 is 2.00 bits per heavy atom. The van der Waals surface area contributed by atoms with Crippen LogP contribution in [-0.4, -0.2) is 15.9 Å². The summed E-state index contributed by atoms with van der Waals surface area (Å²) in [5.41, 5.74) is 4.92. The van der Waals surface area contributed by atoms with Crippen LogP contribution < -0.4 is 5.32 Å². The molecule has 5 heteroatoms. The molecule has 0 aliphatic heterocycles. The monoisotopic (exact) mass is 343 g/mol. The van der Waals surface area contributed by atoms with Crippen LogP contribution in [0.2, 0.25) is 0 Å². The number of amides is 1. The molecule has 0 aliphatic carbocycles. The van der Waals surface area contributed by atoms with E-state index < -0.39 is 0 Å². The molecule has 3 rings (SSSR count). The average molecular weight is 344 g/mol. The van der Waals surface area contributed by atoms with Crippen molar-refractivity contribution in [1.82, 2.24) is 9.97 Å². The van der Waals surface area contributed by atoms with Crippen molar-refractivity contribution in [2.45, 2.75) is 27.2 Å². The maximum atomic E-state index is 11.9. The molecule has 2 aromatic carbocycles. The molecule has 3 aromatic rings. The lowest BCUT2D eigenvalue weighted by molar-refractivity contribution is -0.116. The molecule has 1 heterocycles. The van der Waals surface area contributed by atoms with Crippen LogP contribution >= 0.6 is 12.4 Å². The number of nitrogens with zero attached hydrogens (tertiary/aromatic N) is 1. The summed E-state index contributed by atoms with van der Waals surface area (Å²) in [6.45, 7) is 6.13. The Hall–Kier alpha value is -2.33. The predicted molar refractivity (Wildman–Crippen MR) is 102 cm³/mol. The van der Waals surface area contributed by atoms with Crippen LogP contribution in [0.4, 0.5) is 5.69 Å². The third-order valence-corrected chi connectivity index (χ3v) is 3.65. The van der Waals surface area contributed by atoms with Gasteiger partial charge < -0.3 is 10.3 Å². The average Bonchev–Trinajstić information content (AvgIpc) is 2.89. The van der Waals surface area contributed by atoms with E-state index in [1.54, 1.807) is 0 Å². The zero-order chi connectivity index (χ0) is 16.4. The van der Waals surface area contributed by atoms with Gasteiger partial charge in [-0.05, 0) is 42.7 Å². The number of aromatic nitrogens is 2. The highest BCUT2D eigenvalue weighted by atomic mass is 35.5. The zero-order valence-corrected chi connectivity index (χ0v) is 14.9. The van der Waals surface area contributed by atoms with Crippen LogP contribution in [0.15, 0.2) is 42.5 Å². The summed E-state index contributed by atoms with van der Waals surface area (Å²) in [6, 6.07) is 13.9. The molecule has 0 saturated heterocycles. The van der Waals surface area contributed by atoms with Crippen molar-refractivity contribution in [2.24, 2.45) is 5.92 Å². The minimum absolute atomic E-state index is 0. The number of hydrogen-bond donors (Lipinski definition) is 2. The fraction of sp³-hybridized carbons (Fsp3) is 0.263. The number of imidazole rings is 1. The van der Waals surface area contributed by atoms with E-state index in [4.69, 9.17) is 0 Å². The molecule has 0 bridgehead atoms. The van der Waals surface area contributed by atoms with Gasteiger partial charge in [-0.15, -0.1) is 12.4 Å². The first kappa shape index (κ1) is 18.0. The van der Waals surface area contributed by atoms with Crippen molar-refractivity contribution in [3.05, 3.63) is 48.0 Å². The van der Waals surface area contributed by atoms with Gasteiger partial charge in [0.15, 0.2) is 0 Å². The van der Waals surface area contributed by atoms with Crippen LogP contribution in [0.3, 0.4) is 0 Å². The van der Waals surface area contributed by atoms with E-state index >= 15 is 0 Å². The van der Waals surface area contributed by atoms with E-state index in [-0.39, 0.29) is 18.3 Å². The molecular weight excluding hydrogens is 322 g/mol. The molecule has 24 heavy (non-hydrogen) atoms. The summed E-state index contributed by atoms with van der Waals surface area (Å²) >= 11 is 0. The Labute approximate surface area is 148 Å². The number of carbonyl (C=O) groups is 1. The van der Waals surface area contributed by atoms with Gasteiger partial charge in [0.05, 0.1) is 11.0 Å². The number of halogens is 1. The van der Waals surface area contributed by atoms with Crippen LogP contribution in [0.25, 0.3) is 22.4 Å². The maximum Gasteiger partial charge on any atom is 0.224 e. The summed E-state index contributed by atoms with van der Waals surface area (Å²) < 4.78 is 0. The molecule has 0 aliphatic rings. The maximum absolute atomic E-state index is 11.9. The highest BCUT2D eigenvalue weighted by Gasteiger charge is 2.08. The zero-order valence-electron chi connectivity index (χ0n) is 14.1. The first-order valence-electron chi connectivity index (χ1n) is 7.88. The molecule has 2 N–H and O–H groups in total. The molecule has 1 aromatic heterocycles. The summed E-state index contributed by atoms with van der Waals surface area (Å²) in [5.74, 6) is 1.19. The van der Waals surface area contributed by atoms with Gasteiger partial charge in [-0.25, -0.2) is 4.98 Å². The Morgan fingerprint density at radius 3 is 2.75 bits per heavy atom. The molecule has 0 radical (unpaired) electrons. The molecule has 1 amide bonds. The summed E-state index contributed by atoms with van der Waals surface area (Å²) in [6.07, 6.45) is 0.522. The molecule has 0 atom stereocenters. The molecule has 126 valence electrons. The Kier molecular flexibility index (Phi) is 5.62. The number of benzene rings is 2. The number of rotatable bonds is 4. The van der Waals surface area contributed by atoms with Gasteiger partial charge in [0, 0.05) is 17.7 Å². The summed E-state index contributed by atoms with van der Waals surface area (Å²) in [7, 11) is 0. The number of H-pyrrole nitrogens is 1. The fourth-order valence-electron chi connectivity index (χ4n) is 2.59. The standard InChI is InChI=1S/C19H21N3O.ClH/c1-12(2)9-18(23)20-15-6-4-5-14(11-15)19-21-16-8-7-13(3)10-17(16)22-19;/h4-8,10-12H,9H2,1-3H3,(H,20,23)(H,21,22);1H. The van der Waals surface area contributed by atoms with E-state index in [9.17, 15) is 4.79 Å². The van der Waals surface area contributed by atoms with Crippen molar-refractivity contribution in [3.63, 3.8) is 0 Å². The number of hydrogen-bond acceptors (Lipinski definition) is 2. The Morgan fingerprint density at radius 1 is 1.21 bits per heavy atom. The molecule has 4 nitrogen and oxygen atoms in total. The quantitative estimate of drug-likeness (QED) is 0.704. The first-order valence-corrected chi connectivity index (χ1v) is 7.88. The van der Waals surface area contributed by atoms with Crippen molar-refractivity contribution in [1.29, 1.82) is 0 Å². The van der Waals surface area contributed by atoms with E-state index in [1.165, 1.54) is 5.56 Å². The smallest absolute Gasteiger partial charge is 0.224 e. The lowest BCUT2D eigenvalue weighted by Gasteiger charge is -2.08. The number of anilines is 1. The van der Waals surface area contributed by atoms with E-state index in [0.717, 1.165) is 28.1 Å². The first-order chi connectivity index (χ1) is 11.0. The molecule has 0 saturated carbocycles. The van der Waals surface area contributed by atoms with Crippen molar-refractivity contribution in [3.8, 4) is 11.4 Å². The van der Waals surface area contributed by atoms with Gasteiger partial charge in [0.25, 0.3) is 0 Å². The van der Waals surface area contributed by atoms with E-state index in [1.807, 2.05) is 44.2 Å². The molecule has 0 unspecified atom stereocenters. The number of nitrogens with one attached hydrogen (secondary N) is 2. The van der Waals surface area contributed by atoms with Crippen LogP contribution in [0.5, 0.6) is 0 Å². The van der Waals surface area contributed by atoms with Gasteiger partial charge >= 0.3 is 0 Å². The van der Waals surface area contributed by atoms with Crippen molar-refractivity contribution >= 4 is 35.0 Å². The summed E-state index contributed by atoms with van der Waals surface area (Å²) in [5, 5.41) is 2.95. The third-order valence-electron chi connectivity index (χ3n) is 3.65.